The highest BCUT2D eigenvalue weighted by molar-refractivity contribution is 6.44. The minimum absolute atomic E-state index is 0.159. The SMILES string of the molecule is COc1ccccc1CNC(=O)C(=O)Nc1c(Cl)cccc1Cl. The zero-order valence-electron chi connectivity index (χ0n) is 12.2. The number of rotatable bonds is 4. The number of halogens is 2. The van der Waals surface area contributed by atoms with Crippen LogP contribution in [0, 0.1) is 0 Å². The Hall–Kier alpha value is -2.24. The summed E-state index contributed by atoms with van der Waals surface area (Å²) in [6.45, 7) is 0.159. The first-order chi connectivity index (χ1) is 11.0. The van der Waals surface area contributed by atoms with E-state index in [9.17, 15) is 9.59 Å². The van der Waals surface area contributed by atoms with Crippen LogP contribution in [0.25, 0.3) is 0 Å². The molecule has 0 saturated carbocycles. The van der Waals surface area contributed by atoms with Crippen LogP contribution in [-0.2, 0) is 16.1 Å². The first-order valence-corrected chi connectivity index (χ1v) is 7.43. The molecule has 0 spiro atoms. The van der Waals surface area contributed by atoms with Gasteiger partial charge in [-0.2, -0.15) is 0 Å². The van der Waals surface area contributed by atoms with Gasteiger partial charge in [0, 0.05) is 12.1 Å². The van der Waals surface area contributed by atoms with Crippen molar-refractivity contribution in [1.82, 2.24) is 5.32 Å². The maximum atomic E-state index is 11.9. The molecular formula is C16H14Cl2N2O3. The van der Waals surface area contributed by atoms with Crippen molar-refractivity contribution in [3.05, 3.63) is 58.1 Å². The van der Waals surface area contributed by atoms with Crippen molar-refractivity contribution < 1.29 is 14.3 Å². The average molecular weight is 353 g/mol. The zero-order chi connectivity index (χ0) is 16.8. The van der Waals surface area contributed by atoms with E-state index in [0.29, 0.717) is 5.75 Å². The van der Waals surface area contributed by atoms with Crippen molar-refractivity contribution in [3.63, 3.8) is 0 Å². The predicted molar refractivity (Wildman–Crippen MR) is 89.9 cm³/mol. The number of carbonyl (C=O) groups excluding carboxylic acids is 2. The Balaban J connectivity index is 1.99. The van der Waals surface area contributed by atoms with E-state index >= 15 is 0 Å². The molecule has 0 radical (unpaired) electrons. The van der Waals surface area contributed by atoms with Crippen LogP contribution in [0.15, 0.2) is 42.5 Å². The molecule has 23 heavy (non-hydrogen) atoms. The van der Waals surface area contributed by atoms with Crippen LogP contribution in [0.3, 0.4) is 0 Å². The van der Waals surface area contributed by atoms with Crippen LogP contribution < -0.4 is 15.4 Å². The molecule has 0 fully saturated rings. The summed E-state index contributed by atoms with van der Waals surface area (Å²) in [5.74, 6) is -1.02. The molecule has 2 aromatic rings. The topological polar surface area (TPSA) is 67.4 Å². The Bertz CT molecular complexity index is 715. The molecule has 0 aliphatic rings. The normalized spacial score (nSPS) is 10.0. The third-order valence-corrected chi connectivity index (χ3v) is 3.67. The first kappa shape index (κ1) is 17.1. The molecule has 0 aliphatic heterocycles. The number of carbonyl (C=O) groups is 2. The van der Waals surface area contributed by atoms with Crippen molar-refractivity contribution in [3.8, 4) is 5.75 Å². The zero-order valence-corrected chi connectivity index (χ0v) is 13.7. The Labute approximate surface area is 143 Å². The van der Waals surface area contributed by atoms with E-state index < -0.39 is 11.8 Å². The van der Waals surface area contributed by atoms with Crippen molar-refractivity contribution in [2.75, 3.05) is 12.4 Å². The largest absolute Gasteiger partial charge is 0.496 e. The van der Waals surface area contributed by atoms with Gasteiger partial charge in [-0.25, -0.2) is 0 Å². The monoisotopic (exact) mass is 352 g/mol. The number of methoxy groups -OCH3 is 1. The molecule has 0 heterocycles. The maximum absolute atomic E-state index is 11.9. The lowest BCUT2D eigenvalue weighted by Crippen LogP contribution is -2.35. The number of para-hydroxylation sites is 2. The van der Waals surface area contributed by atoms with E-state index in [0.717, 1.165) is 5.56 Å². The van der Waals surface area contributed by atoms with E-state index in [4.69, 9.17) is 27.9 Å². The fourth-order valence-corrected chi connectivity index (χ4v) is 2.38. The van der Waals surface area contributed by atoms with Crippen LogP contribution in [0.2, 0.25) is 10.0 Å². The van der Waals surface area contributed by atoms with Gasteiger partial charge in [0.15, 0.2) is 0 Å². The number of benzene rings is 2. The van der Waals surface area contributed by atoms with Gasteiger partial charge in [0.2, 0.25) is 0 Å². The smallest absolute Gasteiger partial charge is 0.313 e. The van der Waals surface area contributed by atoms with Crippen molar-refractivity contribution in [1.29, 1.82) is 0 Å². The molecule has 0 atom stereocenters. The van der Waals surface area contributed by atoms with Gasteiger partial charge in [-0.15, -0.1) is 0 Å². The molecule has 0 aromatic heterocycles. The van der Waals surface area contributed by atoms with Crippen molar-refractivity contribution in [2.45, 2.75) is 6.54 Å². The van der Waals surface area contributed by atoms with Crippen molar-refractivity contribution in [2.24, 2.45) is 0 Å². The van der Waals surface area contributed by atoms with E-state index in [1.807, 2.05) is 12.1 Å². The summed E-state index contributed by atoms with van der Waals surface area (Å²) in [5, 5.41) is 5.42. The molecule has 7 heteroatoms. The predicted octanol–water partition coefficient (Wildman–Crippen LogP) is 3.26. The first-order valence-electron chi connectivity index (χ1n) is 6.68. The summed E-state index contributed by atoms with van der Waals surface area (Å²) in [5.41, 5.74) is 0.959. The van der Waals surface area contributed by atoms with Gasteiger partial charge in [-0.1, -0.05) is 47.5 Å². The Morgan fingerprint density at radius 2 is 1.65 bits per heavy atom. The summed E-state index contributed by atoms with van der Waals surface area (Å²) in [6, 6.07) is 12.0. The van der Waals surface area contributed by atoms with Gasteiger partial charge in [0.25, 0.3) is 0 Å². The molecule has 2 N–H and O–H groups in total. The van der Waals surface area contributed by atoms with Crippen LogP contribution >= 0.6 is 23.2 Å². The standard InChI is InChI=1S/C16H14Cl2N2O3/c1-23-13-8-3-2-5-10(13)9-19-15(21)16(22)20-14-11(17)6-4-7-12(14)18/h2-8H,9H2,1H3,(H,19,21)(H,20,22). The van der Waals surface area contributed by atoms with E-state index in [-0.39, 0.29) is 22.3 Å². The Kier molecular flexibility index (Phi) is 5.84. The van der Waals surface area contributed by atoms with Crippen LogP contribution in [-0.4, -0.2) is 18.9 Å². The van der Waals surface area contributed by atoms with Gasteiger partial charge in [-0.05, 0) is 18.2 Å². The lowest BCUT2D eigenvalue weighted by Gasteiger charge is -2.11. The highest BCUT2D eigenvalue weighted by atomic mass is 35.5. The molecule has 0 aliphatic carbocycles. The minimum atomic E-state index is -0.852. The van der Waals surface area contributed by atoms with Gasteiger partial charge >= 0.3 is 11.8 Å². The third-order valence-electron chi connectivity index (χ3n) is 3.04. The van der Waals surface area contributed by atoms with Crippen LogP contribution in [0.1, 0.15) is 5.56 Å². The van der Waals surface area contributed by atoms with Gasteiger partial charge < -0.3 is 15.4 Å². The maximum Gasteiger partial charge on any atom is 0.313 e. The van der Waals surface area contributed by atoms with Crippen molar-refractivity contribution >= 4 is 40.7 Å². The molecule has 0 saturated heterocycles. The Morgan fingerprint density at radius 3 is 2.30 bits per heavy atom. The molecule has 2 rings (SSSR count). The lowest BCUT2D eigenvalue weighted by atomic mass is 10.2. The lowest BCUT2D eigenvalue weighted by molar-refractivity contribution is -0.136. The fraction of sp³-hybridized carbons (Fsp3) is 0.125. The molecule has 2 amide bonds. The van der Waals surface area contributed by atoms with E-state index in [1.54, 1.807) is 30.3 Å². The molecular weight excluding hydrogens is 339 g/mol. The number of ether oxygens (including phenoxy) is 1. The fourth-order valence-electron chi connectivity index (χ4n) is 1.89. The molecule has 0 bridgehead atoms. The van der Waals surface area contributed by atoms with Gasteiger partial charge in [0.1, 0.15) is 5.75 Å². The number of nitrogens with one attached hydrogen (secondary N) is 2. The van der Waals surface area contributed by atoms with E-state index in [1.165, 1.54) is 7.11 Å². The molecule has 5 nitrogen and oxygen atoms in total. The summed E-state index contributed by atoms with van der Waals surface area (Å²) in [4.78, 5) is 23.8. The number of amides is 2. The quantitative estimate of drug-likeness (QED) is 0.830. The van der Waals surface area contributed by atoms with E-state index in [2.05, 4.69) is 10.6 Å². The molecule has 2 aromatic carbocycles. The average Bonchev–Trinajstić information content (AvgIpc) is 2.56. The minimum Gasteiger partial charge on any atom is -0.496 e. The summed E-state index contributed by atoms with van der Waals surface area (Å²) < 4.78 is 5.18. The second kappa shape index (κ2) is 7.85. The van der Waals surface area contributed by atoms with Crippen LogP contribution in [0.5, 0.6) is 5.75 Å². The Morgan fingerprint density at radius 1 is 1.00 bits per heavy atom. The summed E-state index contributed by atoms with van der Waals surface area (Å²) >= 11 is 11.9. The molecule has 0 unspecified atom stereocenters. The molecule has 120 valence electrons. The third kappa shape index (κ3) is 4.37. The second-order valence-electron chi connectivity index (χ2n) is 4.55. The summed E-state index contributed by atoms with van der Waals surface area (Å²) in [7, 11) is 1.53. The van der Waals surface area contributed by atoms with Gasteiger partial charge in [-0.3, -0.25) is 9.59 Å². The highest BCUT2D eigenvalue weighted by Gasteiger charge is 2.17. The highest BCUT2D eigenvalue weighted by Crippen LogP contribution is 2.29. The number of anilines is 1. The second-order valence-corrected chi connectivity index (χ2v) is 5.36. The summed E-state index contributed by atoms with van der Waals surface area (Å²) in [6.07, 6.45) is 0. The van der Waals surface area contributed by atoms with Gasteiger partial charge in [0.05, 0.1) is 22.8 Å². The van der Waals surface area contributed by atoms with Crippen LogP contribution in [0.4, 0.5) is 5.69 Å². The number of hydrogen-bond acceptors (Lipinski definition) is 3. The number of hydrogen-bond donors (Lipinski definition) is 2.